The molecular formula is C17H29N. The van der Waals surface area contributed by atoms with Gasteiger partial charge in [-0.1, -0.05) is 58.9 Å². The number of hydrogen-bond donors (Lipinski definition) is 1. The maximum absolute atomic E-state index is 3.54. The first-order valence-electron chi connectivity index (χ1n) is 7.27. The lowest BCUT2D eigenvalue weighted by molar-refractivity contribution is 0.392. The summed E-state index contributed by atoms with van der Waals surface area (Å²) in [7, 11) is 0. The van der Waals surface area contributed by atoms with Gasteiger partial charge >= 0.3 is 0 Å². The van der Waals surface area contributed by atoms with Crippen LogP contribution >= 0.6 is 0 Å². The number of rotatable bonds is 7. The molecule has 1 rings (SSSR count). The van der Waals surface area contributed by atoms with Crippen LogP contribution in [0.1, 0.15) is 45.7 Å². The van der Waals surface area contributed by atoms with Gasteiger partial charge in [-0.15, -0.1) is 0 Å². The lowest BCUT2D eigenvalue weighted by Gasteiger charge is -2.16. The van der Waals surface area contributed by atoms with Crippen LogP contribution in [0, 0.1) is 17.8 Å². The number of benzene rings is 1. The van der Waals surface area contributed by atoms with E-state index in [1.165, 1.54) is 17.5 Å². The summed E-state index contributed by atoms with van der Waals surface area (Å²) >= 11 is 0. The molecule has 0 spiro atoms. The number of nitrogens with one attached hydrogen (secondary N) is 1. The molecule has 0 amide bonds. The minimum Gasteiger partial charge on any atom is -0.312 e. The van der Waals surface area contributed by atoms with Crippen LogP contribution in [-0.4, -0.2) is 6.54 Å². The summed E-state index contributed by atoms with van der Waals surface area (Å²) in [6.45, 7) is 13.5. The van der Waals surface area contributed by atoms with Crippen molar-refractivity contribution < 1.29 is 0 Å². The molecule has 0 aliphatic rings. The first kappa shape index (κ1) is 15.2. The molecule has 1 heteroatoms. The van der Waals surface area contributed by atoms with Gasteiger partial charge in [0.2, 0.25) is 0 Å². The standard InChI is InChI=1S/C17H29N/c1-13(2)10-16-6-8-17(9-7-16)12-18-11-15(5)14(3)4/h6-9,13-15,18H,10-12H2,1-5H3. The summed E-state index contributed by atoms with van der Waals surface area (Å²) < 4.78 is 0. The Morgan fingerprint density at radius 3 is 1.94 bits per heavy atom. The average Bonchev–Trinajstić information content (AvgIpc) is 2.30. The molecule has 18 heavy (non-hydrogen) atoms. The monoisotopic (exact) mass is 247 g/mol. The molecule has 0 fully saturated rings. The largest absolute Gasteiger partial charge is 0.312 e. The quantitative estimate of drug-likeness (QED) is 0.759. The Bertz CT molecular complexity index is 324. The van der Waals surface area contributed by atoms with Crippen molar-refractivity contribution in [3.05, 3.63) is 35.4 Å². The van der Waals surface area contributed by atoms with E-state index in [2.05, 4.69) is 64.2 Å². The van der Waals surface area contributed by atoms with Crippen LogP contribution in [0.5, 0.6) is 0 Å². The highest BCUT2D eigenvalue weighted by Gasteiger charge is 2.05. The first-order chi connectivity index (χ1) is 8.49. The minimum atomic E-state index is 0.737. The molecule has 102 valence electrons. The molecule has 1 N–H and O–H groups in total. The normalized spacial score (nSPS) is 13.3. The van der Waals surface area contributed by atoms with Crippen molar-refractivity contribution in [2.75, 3.05) is 6.54 Å². The van der Waals surface area contributed by atoms with E-state index in [0.29, 0.717) is 0 Å². The Kier molecular flexibility index (Phi) is 6.42. The maximum atomic E-state index is 3.54. The van der Waals surface area contributed by atoms with E-state index in [0.717, 1.165) is 30.8 Å². The second kappa shape index (κ2) is 7.58. The van der Waals surface area contributed by atoms with Gasteiger partial charge in [-0.3, -0.25) is 0 Å². The molecule has 1 unspecified atom stereocenters. The third-order valence-corrected chi connectivity index (χ3v) is 3.60. The molecule has 1 nitrogen and oxygen atoms in total. The lowest BCUT2D eigenvalue weighted by atomic mass is 9.98. The first-order valence-corrected chi connectivity index (χ1v) is 7.27. The molecule has 1 aromatic carbocycles. The molecule has 0 aromatic heterocycles. The smallest absolute Gasteiger partial charge is 0.0205 e. The fourth-order valence-electron chi connectivity index (χ4n) is 1.94. The zero-order chi connectivity index (χ0) is 13.5. The predicted octanol–water partition coefficient (Wildman–Crippen LogP) is 4.27. The summed E-state index contributed by atoms with van der Waals surface area (Å²) in [6, 6.07) is 9.04. The van der Waals surface area contributed by atoms with E-state index in [4.69, 9.17) is 0 Å². The van der Waals surface area contributed by atoms with Crippen molar-refractivity contribution in [2.45, 2.75) is 47.6 Å². The van der Waals surface area contributed by atoms with Gasteiger partial charge in [-0.2, -0.15) is 0 Å². The van der Waals surface area contributed by atoms with Gasteiger partial charge in [-0.05, 0) is 41.8 Å². The SMILES string of the molecule is CC(C)Cc1ccc(CNCC(C)C(C)C)cc1. The van der Waals surface area contributed by atoms with Crippen LogP contribution in [0.4, 0.5) is 0 Å². The molecule has 0 bridgehead atoms. The topological polar surface area (TPSA) is 12.0 Å². The predicted molar refractivity (Wildman–Crippen MR) is 80.7 cm³/mol. The Labute approximate surface area is 113 Å². The second-order valence-corrected chi connectivity index (χ2v) is 6.27. The van der Waals surface area contributed by atoms with Gasteiger partial charge in [0.1, 0.15) is 0 Å². The maximum Gasteiger partial charge on any atom is 0.0205 e. The van der Waals surface area contributed by atoms with Gasteiger partial charge in [-0.25, -0.2) is 0 Å². The molecular weight excluding hydrogens is 218 g/mol. The van der Waals surface area contributed by atoms with Gasteiger partial charge in [0.25, 0.3) is 0 Å². The minimum absolute atomic E-state index is 0.737. The molecule has 0 radical (unpaired) electrons. The van der Waals surface area contributed by atoms with E-state index >= 15 is 0 Å². The Hall–Kier alpha value is -0.820. The van der Waals surface area contributed by atoms with Crippen LogP contribution in [0.3, 0.4) is 0 Å². The van der Waals surface area contributed by atoms with Crippen LogP contribution in [0.25, 0.3) is 0 Å². The highest BCUT2D eigenvalue weighted by Crippen LogP contribution is 2.11. The van der Waals surface area contributed by atoms with Crippen LogP contribution < -0.4 is 5.32 Å². The van der Waals surface area contributed by atoms with Crippen molar-refractivity contribution in [3.8, 4) is 0 Å². The summed E-state index contributed by atoms with van der Waals surface area (Å²) in [4.78, 5) is 0. The summed E-state index contributed by atoms with van der Waals surface area (Å²) in [5, 5.41) is 3.54. The molecule has 0 heterocycles. The van der Waals surface area contributed by atoms with Gasteiger partial charge < -0.3 is 5.32 Å². The number of hydrogen-bond acceptors (Lipinski definition) is 1. The van der Waals surface area contributed by atoms with Crippen LogP contribution in [0.2, 0.25) is 0 Å². The third kappa shape index (κ3) is 5.68. The molecule has 0 saturated carbocycles. The Morgan fingerprint density at radius 1 is 0.889 bits per heavy atom. The van der Waals surface area contributed by atoms with Crippen LogP contribution in [0.15, 0.2) is 24.3 Å². The zero-order valence-corrected chi connectivity index (χ0v) is 12.7. The fourth-order valence-corrected chi connectivity index (χ4v) is 1.94. The van der Waals surface area contributed by atoms with E-state index in [1.807, 2.05) is 0 Å². The van der Waals surface area contributed by atoms with Gasteiger partial charge in [0.05, 0.1) is 0 Å². The molecule has 0 aliphatic heterocycles. The van der Waals surface area contributed by atoms with Gasteiger partial charge in [0, 0.05) is 6.54 Å². The van der Waals surface area contributed by atoms with Crippen molar-refractivity contribution in [1.29, 1.82) is 0 Å². The van der Waals surface area contributed by atoms with Crippen molar-refractivity contribution >= 4 is 0 Å². The summed E-state index contributed by atoms with van der Waals surface area (Å²) in [5.74, 6) is 2.23. The Balaban J connectivity index is 2.35. The molecule has 1 atom stereocenters. The lowest BCUT2D eigenvalue weighted by Crippen LogP contribution is -2.23. The van der Waals surface area contributed by atoms with Crippen LogP contribution in [-0.2, 0) is 13.0 Å². The van der Waals surface area contributed by atoms with Crippen molar-refractivity contribution in [2.24, 2.45) is 17.8 Å². The van der Waals surface area contributed by atoms with Crippen molar-refractivity contribution in [3.63, 3.8) is 0 Å². The van der Waals surface area contributed by atoms with E-state index in [-0.39, 0.29) is 0 Å². The summed E-state index contributed by atoms with van der Waals surface area (Å²) in [5.41, 5.74) is 2.84. The highest BCUT2D eigenvalue weighted by molar-refractivity contribution is 5.22. The van der Waals surface area contributed by atoms with Gasteiger partial charge in [0.15, 0.2) is 0 Å². The van der Waals surface area contributed by atoms with Crippen molar-refractivity contribution in [1.82, 2.24) is 5.32 Å². The molecule has 0 aliphatic carbocycles. The highest BCUT2D eigenvalue weighted by atomic mass is 14.9. The second-order valence-electron chi connectivity index (χ2n) is 6.27. The molecule has 0 saturated heterocycles. The van der Waals surface area contributed by atoms with E-state index in [1.54, 1.807) is 0 Å². The summed E-state index contributed by atoms with van der Waals surface area (Å²) in [6.07, 6.45) is 1.18. The Morgan fingerprint density at radius 2 is 1.44 bits per heavy atom. The average molecular weight is 247 g/mol. The van der Waals surface area contributed by atoms with E-state index in [9.17, 15) is 0 Å². The molecule has 1 aromatic rings. The zero-order valence-electron chi connectivity index (χ0n) is 12.7. The third-order valence-electron chi connectivity index (χ3n) is 3.60. The van der Waals surface area contributed by atoms with E-state index < -0.39 is 0 Å². The fraction of sp³-hybridized carbons (Fsp3) is 0.647.